The van der Waals surface area contributed by atoms with E-state index in [4.69, 9.17) is 0 Å². The van der Waals surface area contributed by atoms with Crippen molar-refractivity contribution in [3.05, 3.63) is 0 Å². The Morgan fingerprint density at radius 1 is 1.44 bits per heavy atom. The molecule has 0 aromatic heterocycles. The number of amides is 1. The van der Waals surface area contributed by atoms with Crippen LogP contribution in [0.15, 0.2) is 0 Å². The molecule has 0 fully saturated rings. The molecule has 56 valence electrons. The summed E-state index contributed by atoms with van der Waals surface area (Å²) in [5.41, 5.74) is 0. The van der Waals surface area contributed by atoms with Gasteiger partial charge in [0, 0.05) is 14.0 Å². The lowest BCUT2D eigenvalue weighted by Gasteiger charge is -2.08. The highest BCUT2D eigenvalue weighted by Gasteiger charge is 1.94. The average molecular weight is 133 g/mol. The molecule has 0 N–H and O–H groups in total. The minimum atomic E-state index is -0.0949. The van der Waals surface area contributed by atoms with Crippen LogP contribution in [-0.4, -0.2) is 25.1 Å². The maximum atomic E-state index is 10.2. The summed E-state index contributed by atoms with van der Waals surface area (Å²) in [4.78, 5) is 14.7. The van der Waals surface area contributed by atoms with Crippen molar-refractivity contribution in [3.63, 3.8) is 0 Å². The summed E-state index contributed by atoms with van der Waals surface area (Å²) in [7, 11) is 3.00. The van der Waals surface area contributed by atoms with Gasteiger partial charge in [-0.05, 0) is 0 Å². The number of carbonyl (C=O) groups excluding carboxylic acids is 1. The summed E-state index contributed by atoms with van der Waals surface area (Å²) in [6.45, 7) is 5.43. The third kappa shape index (κ3) is 7.43. The Kier molecular flexibility index (Phi) is 9.29. The van der Waals surface area contributed by atoms with Gasteiger partial charge in [-0.15, -0.1) is 0 Å². The van der Waals surface area contributed by atoms with Gasteiger partial charge in [0.15, 0.2) is 0 Å². The van der Waals surface area contributed by atoms with E-state index in [0.29, 0.717) is 0 Å². The molecule has 0 aliphatic carbocycles. The van der Waals surface area contributed by atoms with Gasteiger partial charge in [-0.25, -0.2) is 5.06 Å². The minimum absolute atomic E-state index is 0.0949. The zero-order valence-corrected chi connectivity index (χ0v) is 6.76. The SMILES string of the molecule is CC.CON(C)C(C)=O. The second-order valence-corrected chi connectivity index (χ2v) is 1.20. The molecule has 0 aliphatic heterocycles. The molecule has 0 heterocycles. The smallest absolute Gasteiger partial charge is 0.242 e. The van der Waals surface area contributed by atoms with E-state index in [0.717, 1.165) is 5.06 Å². The number of carbonyl (C=O) groups is 1. The van der Waals surface area contributed by atoms with E-state index >= 15 is 0 Å². The van der Waals surface area contributed by atoms with Crippen LogP contribution in [0.25, 0.3) is 0 Å². The second-order valence-electron chi connectivity index (χ2n) is 1.20. The molecule has 0 aromatic carbocycles. The van der Waals surface area contributed by atoms with Gasteiger partial charge in [-0.2, -0.15) is 0 Å². The van der Waals surface area contributed by atoms with Gasteiger partial charge in [0.1, 0.15) is 0 Å². The maximum Gasteiger partial charge on any atom is 0.242 e. The van der Waals surface area contributed by atoms with Crippen molar-refractivity contribution in [2.45, 2.75) is 20.8 Å². The van der Waals surface area contributed by atoms with E-state index in [9.17, 15) is 4.79 Å². The monoisotopic (exact) mass is 133 g/mol. The van der Waals surface area contributed by atoms with E-state index in [-0.39, 0.29) is 5.91 Å². The number of nitrogens with zero attached hydrogens (tertiary/aromatic N) is 1. The molecule has 1 amide bonds. The van der Waals surface area contributed by atoms with Crippen molar-refractivity contribution in [3.8, 4) is 0 Å². The quantitative estimate of drug-likeness (QED) is 0.500. The maximum absolute atomic E-state index is 10.2. The Hall–Kier alpha value is -0.570. The van der Waals surface area contributed by atoms with E-state index in [1.54, 1.807) is 7.05 Å². The predicted octanol–water partition coefficient (Wildman–Crippen LogP) is 1.05. The van der Waals surface area contributed by atoms with Crippen LogP contribution in [0.2, 0.25) is 0 Å². The van der Waals surface area contributed by atoms with Gasteiger partial charge >= 0.3 is 0 Å². The third-order valence-corrected chi connectivity index (χ3v) is 0.717. The summed E-state index contributed by atoms with van der Waals surface area (Å²) < 4.78 is 0. The lowest BCUT2D eigenvalue weighted by atomic mass is 10.7. The number of rotatable bonds is 1. The van der Waals surface area contributed by atoms with Crippen molar-refractivity contribution in [2.24, 2.45) is 0 Å². The highest BCUT2D eigenvalue weighted by Crippen LogP contribution is 1.78. The van der Waals surface area contributed by atoms with Crippen LogP contribution in [0.3, 0.4) is 0 Å². The molecule has 0 aliphatic rings. The van der Waals surface area contributed by atoms with Gasteiger partial charge in [-0.3, -0.25) is 9.63 Å². The molecule has 0 atom stereocenters. The number of hydrogen-bond donors (Lipinski definition) is 0. The fraction of sp³-hybridized carbons (Fsp3) is 0.833. The van der Waals surface area contributed by atoms with Crippen molar-refractivity contribution in [1.82, 2.24) is 5.06 Å². The van der Waals surface area contributed by atoms with Gasteiger partial charge in [-0.1, -0.05) is 13.8 Å². The van der Waals surface area contributed by atoms with Gasteiger partial charge in [0.2, 0.25) is 5.91 Å². The summed E-state index contributed by atoms with van der Waals surface area (Å²) in [5, 5.41) is 1.15. The molecular weight excluding hydrogens is 118 g/mol. The molecule has 3 heteroatoms. The first-order valence-corrected chi connectivity index (χ1v) is 2.97. The minimum Gasteiger partial charge on any atom is -0.275 e. The molecule has 0 bridgehead atoms. The highest BCUT2D eigenvalue weighted by atomic mass is 16.7. The summed E-state index contributed by atoms with van der Waals surface area (Å²) >= 11 is 0. The van der Waals surface area contributed by atoms with Crippen LogP contribution in [0.5, 0.6) is 0 Å². The standard InChI is InChI=1S/C4H9NO2.C2H6/c1-4(6)5(2)7-3;1-2/h1-3H3;1-2H3. The van der Waals surface area contributed by atoms with E-state index in [2.05, 4.69) is 4.84 Å². The van der Waals surface area contributed by atoms with Gasteiger partial charge in [0.25, 0.3) is 0 Å². The third-order valence-electron chi connectivity index (χ3n) is 0.717. The fourth-order valence-corrected chi connectivity index (χ4v) is 0.129. The summed E-state index contributed by atoms with van der Waals surface area (Å²) in [6, 6.07) is 0. The molecule has 0 radical (unpaired) electrons. The van der Waals surface area contributed by atoms with Gasteiger partial charge < -0.3 is 0 Å². The van der Waals surface area contributed by atoms with Crippen molar-refractivity contribution in [1.29, 1.82) is 0 Å². The number of hydroxylamine groups is 2. The molecule has 0 saturated carbocycles. The average Bonchev–Trinajstić information content (AvgIpc) is 1.91. The molecule has 0 aromatic rings. The first-order valence-electron chi connectivity index (χ1n) is 2.97. The van der Waals surface area contributed by atoms with Crippen LogP contribution in [0, 0.1) is 0 Å². The zero-order valence-electron chi connectivity index (χ0n) is 6.76. The first kappa shape index (κ1) is 11.3. The normalized spacial score (nSPS) is 7.22. The van der Waals surface area contributed by atoms with E-state index in [1.165, 1.54) is 14.0 Å². The topological polar surface area (TPSA) is 29.5 Å². The Bertz CT molecular complexity index is 73.5. The molecule has 0 saturated heterocycles. The Morgan fingerprint density at radius 3 is 1.78 bits per heavy atom. The Labute approximate surface area is 56.6 Å². The largest absolute Gasteiger partial charge is 0.275 e. The van der Waals surface area contributed by atoms with Crippen LogP contribution in [0.1, 0.15) is 20.8 Å². The molecule has 9 heavy (non-hydrogen) atoms. The van der Waals surface area contributed by atoms with Gasteiger partial charge in [0.05, 0.1) is 7.11 Å². The van der Waals surface area contributed by atoms with Crippen LogP contribution in [0.4, 0.5) is 0 Å². The van der Waals surface area contributed by atoms with E-state index < -0.39 is 0 Å². The van der Waals surface area contributed by atoms with Crippen LogP contribution >= 0.6 is 0 Å². The summed E-state index contributed by atoms with van der Waals surface area (Å²) in [6.07, 6.45) is 0. The van der Waals surface area contributed by atoms with Crippen molar-refractivity contribution >= 4 is 5.91 Å². The molecule has 0 spiro atoms. The number of hydrogen-bond acceptors (Lipinski definition) is 2. The first-order chi connectivity index (χ1) is 4.18. The Balaban J connectivity index is 0. The fourth-order valence-electron chi connectivity index (χ4n) is 0.129. The lowest BCUT2D eigenvalue weighted by molar-refractivity contribution is -0.165. The van der Waals surface area contributed by atoms with Crippen LogP contribution < -0.4 is 0 Å². The molecule has 3 nitrogen and oxygen atoms in total. The Morgan fingerprint density at radius 2 is 1.78 bits per heavy atom. The second kappa shape index (κ2) is 7.43. The van der Waals surface area contributed by atoms with Crippen LogP contribution in [-0.2, 0) is 9.63 Å². The predicted molar refractivity (Wildman–Crippen MR) is 36.8 cm³/mol. The molecule has 0 unspecified atom stereocenters. The van der Waals surface area contributed by atoms with Crippen molar-refractivity contribution < 1.29 is 9.63 Å². The summed E-state index contributed by atoms with van der Waals surface area (Å²) in [5.74, 6) is -0.0949. The molecular formula is C6H15NO2. The zero-order chi connectivity index (χ0) is 7.86. The lowest BCUT2D eigenvalue weighted by Crippen LogP contribution is -2.21. The van der Waals surface area contributed by atoms with Crippen molar-refractivity contribution in [2.75, 3.05) is 14.2 Å². The highest BCUT2D eigenvalue weighted by molar-refractivity contribution is 5.71. The molecule has 0 rings (SSSR count). The van der Waals surface area contributed by atoms with E-state index in [1.807, 2.05) is 13.8 Å².